The first-order valence-electron chi connectivity index (χ1n) is 18.0. The molecular weight excluding hydrogens is 759 g/mol. The lowest BCUT2D eigenvalue weighted by Gasteiger charge is -2.25. The third-order valence-corrected chi connectivity index (χ3v) is 8.54. The summed E-state index contributed by atoms with van der Waals surface area (Å²) in [6.07, 6.45) is 0.999. The van der Waals surface area contributed by atoms with Gasteiger partial charge in [-0.05, 0) is 56.8 Å². The number of rotatable bonds is 19. The van der Waals surface area contributed by atoms with E-state index in [0.717, 1.165) is 18.0 Å². The topological polar surface area (TPSA) is 212 Å². The first-order valence-corrected chi connectivity index (χ1v) is 18.0. The van der Waals surface area contributed by atoms with Gasteiger partial charge >= 0.3 is 12.1 Å². The van der Waals surface area contributed by atoms with E-state index in [-0.39, 0.29) is 69.5 Å². The summed E-state index contributed by atoms with van der Waals surface area (Å²) in [7, 11) is 1.54. The van der Waals surface area contributed by atoms with Gasteiger partial charge in [0.2, 0.25) is 0 Å². The summed E-state index contributed by atoms with van der Waals surface area (Å²) in [4.78, 5) is 83.7. The van der Waals surface area contributed by atoms with Crippen molar-refractivity contribution < 1.29 is 56.9 Å². The molecule has 3 heterocycles. The van der Waals surface area contributed by atoms with E-state index in [2.05, 4.69) is 20.0 Å². The van der Waals surface area contributed by atoms with Crippen LogP contribution in [-0.4, -0.2) is 135 Å². The minimum atomic E-state index is -0.766. The third kappa shape index (κ3) is 13.5. The van der Waals surface area contributed by atoms with Gasteiger partial charge in [0, 0.05) is 62.2 Å². The zero-order chi connectivity index (χ0) is 40.5. The molecule has 0 saturated carbocycles. The van der Waals surface area contributed by atoms with Crippen LogP contribution in [0.3, 0.4) is 0 Å². The van der Waals surface area contributed by atoms with Crippen LogP contribution in [0, 0.1) is 19.7 Å². The molecule has 1 aromatic heterocycles. The van der Waals surface area contributed by atoms with Crippen LogP contribution in [0.1, 0.15) is 66.0 Å². The smallest absolute Gasteiger partial charge is 0.416 e. The van der Waals surface area contributed by atoms with Crippen molar-refractivity contribution >= 4 is 65.4 Å². The number of aromatic nitrogens is 1. The number of nitrogens with one attached hydrogen (secondary N) is 2. The molecule has 56 heavy (non-hydrogen) atoms. The number of likely N-dealkylation sites (N-methyl/N-ethyl adjacent to an activating group) is 1. The number of amides is 5. The van der Waals surface area contributed by atoms with E-state index >= 15 is 0 Å². The van der Waals surface area contributed by atoms with E-state index in [1.807, 2.05) is 13.8 Å². The maximum Gasteiger partial charge on any atom is 0.416 e. The second-order valence-electron chi connectivity index (χ2n) is 12.3. The number of methoxy groups -OCH3 is 1. The van der Waals surface area contributed by atoms with Crippen molar-refractivity contribution in [3.63, 3.8) is 0 Å². The number of nitrogens with two attached hydrogens (primary N) is 1. The van der Waals surface area contributed by atoms with Crippen LogP contribution in [-0.2, 0) is 43.0 Å². The maximum atomic E-state index is 13.9. The van der Waals surface area contributed by atoms with Gasteiger partial charge in [-0.15, -0.1) is 17.5 Å². The molecule has 0 radical (unpaired) electrons. The molecule has 2 aromatic rings. The van der Waals surface area contributed by atoms with Crippen LogP contribution >= 0.6 is 12.4 Å². The van der Waals surface area contributed by atoms with Crippen molar-refractivity contribution in [3.8, 4) is 0 Å². The number of nitrogens with zero attached hydrogens (tertiary/aromatic N) is 3. The number of H-pyrrole nitrogens is 1. The number of ether oxygens (including phenoxy) is 4. The van der Waals surface area contributed by atoms with Gasteiger partial charge in [0.1, 0.15) is 12.4 Å². The second-order valence-corrected chi connectivity index (χ2v) is 12.3. The molecule has 310 valence electrons. The van der Waals surface area contributed by atoms with Gasteiger partial charge < -0.3 is 44.7 Å². The summed E-state index contributed by atoms with van der Waals surface area (Å²) in [5.74, 6) is -2.97. The van der Waals surface area contributed by atoms with Crippen LogP contribution in [0.15, 0.2) is 18.2 Å². The van der Waals surface area contributed by atoms with Crippen LogP contribution in [0.5, 0.6) is 0 Å². The van der Waals surface area contributed by atoms with Gasteiger partial charge in [-0.2, -0.15) is 0 Å². The van der Waals surface area contributed by atoms with Crippen molar-refractivity contribution in [2.24, 2.45) is 5.73 Å². The van der Waals surface area contributed by atoms with E-state index < -0.39 is 35.6 Å². The summed E-state index contributed by atoms with van der Waals surface area (Å²) in [6.45, 7) is 11.5. The number of aryl methyl sites for hydroxylation is 1. The standard InChI is InChI=1S/C27H36FN5O5.C10H15NO6.ClH/c1-5-32(6-2)10-11-33(27(36)38-14-13-37-12-9-29)26(35)24-17(3)23(30-18(24)4)16-21-20-15-19(28)7-8-22(20)31-25(21)34;1-15-6-7-16-5-4-10(14)17-11-8(12)2-3-9(11)13;/h7-8,15-16,30H,5-6,9-14,29H2,1-4H3,(H,31,34);2-7H2,1H3;1H/b21-16-;;. The number of hydroxylamine groups is 2. The summed E-state index contributed by atoms with van der Waals surface area (Å²) in [5.41, 5.74) is 8.55. The second kappa shape index (κ2) is 24.0. The number of fused-ring (bicyclic) bond motifs is 1. The number of carbonyl (C=O) groups is 6. The first kappa shape index (κ1) is 47.4. The Morgan fingerprint density at radius 2 is 1.61 bits per heavy atom. The van der Waals surface area contributed by atoms with Crippen molar-refractivity contribution in [2.75, 3.05) is 84.8 Å². The van der Waals surface area contributed by atoms with E-state index in [0.29, 0.717) is 71.7 Å². The number of hydrogen-bond donors (Lipinski definition) is 3. The Hall–Kier alpha value is -4.72. The van der Waals surface area contributed by atoms with E-state index in [9.17, 15) is 33.2 Å². The highest BCUT2D eigenvalue weighted by Gasteiger charge is 2.33. The number of halogens is 2. The lowest BCUT2D eigenvalue weighted by molar-refractivity contribution is -0.198. The molecule has 2 aliphatic heterocycles. The predicted octanol–water partition coefficient (Wildman–Crippen LogP) is 3.23. The van der Waals surface area contributed by atoms with Crippen LogP contribution in [0.25, 0.3) is 11.6 Å². The highest BCUT2D eigenvalue weighted by molar-refractivity contribution is 6.35. The van der Waals surface area contributed by atoms with Gasteiger partial charge in [0.25, 0.3) is 23.6 Å². The SMILES string of the molecule is CCN(CC)CCN(C(=O)OCCOCCN)C(=O)c1c(C)[nH]c(/C=C2\C(=O)Nc3ccc(F)cc32)c1C.COCCOCCC(=O)ON1C(=O)CCC1=O.Cl. The molecule has 0 unspecified atom stereocenters. The summed E-state index contributed by atoms with van der Waals surface area (Å²) in [5, 5.41) is 3.24. The largest absolute Gasteiger partial charge is 0.447 e. The molecule has 0 atom stereocenters. The lowest BCUT2D eigenvalue weighted by atomic mass is 10.0. The molecule has 1 aromatic carbocycles. The molecule has 1 saturated heterocycles. The Morgan fingerprint density at radius 3 is 2.25 bits per heavy atom. The predicted molar refractivity (Wildman–Crippen MR) is 205 cm³/mol. The first-order chi connectivity index (χ1) is 26.4. The van der Waals surface area contributed by atoms with Crippen LogP contribution in [0.2, 0.25) is 0 Å². The number of imide groups is 2. The minimum Gasteiger partial charge on any atom is -0.447 e. The molecular formula is C37H52ClFN6O11. The minimum absolute atomic E-state index is 0. The average molecular weight is 811 g/mol. The number of aromatic amines is 1. The van der Waals surface area contributed by atoms with Crippen LogP contribution < -0.4 is 11.1 Å². The summed E-state index contributed by atoms with van der Waals surface area (Å²) in [6, 6.07) is 4.07. The fourth-order valence-corrected chi connectivity index (χ4v) is 5.54. The molecule has 4 N–H and O–H groups in total. The molecule has 17 nitrogen and oxygen atoms in total. The maximum absolute atomic E-state index is 13.9. The lowest BCUT2D eigenvalue weighted by Crippen LogP contribution is -2.43. The highest BCUT2D eigenvalue weighted by atomic mass is 35.5. The van der Waals surface area contributed by atoms with Crippen molar-refractivity contribution in [2.45, 2.75) is 47.0 Å². The Morgan fingerprint density at radius 1 is 0.946 bits per heavy atom. The zero-order valence-electron chi connectivity index (χ0n) is 32.4. The molecule has 19 heteroatoms. The molecule has 2 aliphatic rings. The van der Waals surface area contributed by atoms with Crippen molar-refractivity contribution in [3.05, 3.63) is 52.1 Å². The third-order valence-electron chi connectivity index (χ3n) is 8.54. The molecule has 5 amide bonds. The number of hydrogen-bond acceptors (Lipinski definition) is 13. The molecule has 0 spiro atoms. The van der Waals surface area contributed by atoms with Gasteiger partial charge in [0.15, 0.2) is 0 Å². The Labute approximate surface area is 331 Å². The summed E-state index contributed by atoms with van der Waals surface area (Å²) >= 11 is 0. The molecule has 4 rings (SSSR count). The fourth-order valence-electron chi connectivity index (χ4n) is 5.54. The van der Waals surface area contributed by atoms with Crippen molar-refractivity contribution in [1.82, 2.24) is 19.8 Å². The Kier molecular flexibility index (Phi) is 20.4. The van der Waals surface area contributed by atoms with E-state index in [1.54, 1.807) is 27.0 Å². The molecule has 1 fully saturated rings. The summed E-state index contributed by atoms with van der Waals surface area (Å²) < 4.78 is 34.2. The zero-order valence-corrected chi connectivity index (χ0v) is 33.2. The van der Waals surface area contributed by atoms with Gasteiger partial charge in [-0.3, -0.25) is 19.2 Å². The van der Waals surface area contributed by atoms with Gasteiger partial charge in [-0.25, -0.2) is 18.9 Å². The highest BCUT2D eigenvalue weighted by Crippen LogP contribution is 2.34. The number of benzene rings is 1. The number of carbonyl (C=O) groups excluding carboxylic acids is 6. The van der Waals surface area contributed by atoms with E-state index in [4.69, 9.17) is 24.7 Å². The Balaban J connectivity index is 0.000000505. The molecule has 0 aliphatic carbocycles. The van der Waals surface area contributed by atoms with E-state index in [1.165, 1.54) is 18.2 Å². The van der Waals surface area contributed by atoms with Crippen molar-refractivity contribution in [1.29, 1.82) is 0 Å². The average Bonchev–Trinajstić information content (AvgIpc) is 3.75. The number of anilines is 1. The van der Waals surface area contributed by atoms with Crippen LogP contribution in [0.4, 0.5) is 14.9 Å². The fraction of sp³-hybridized carbons (Fsp3) is 0.514. The molecule has 0 bridgehead atoms. The normalized spacial score (nSPS) is 14.0. The Bertz CT molecular complexity index is 1700. The quantitative estimate of drug-likeness (QED) is 0.106. The van der Waals surface area contributed by atoms with Gasteiger partial charge in [0.05, 0.1) is 50.6 Å². The van der Waals surface area contributed by atoms with Gasteiger partial charge in [-0.1, -0.05) is 13.8 Å². The monoisotopic (exact) mass is 810 g/mol.